The molecule has 4 rings (SSSR count). The Labute approximate surface area is 204 Å². The third-order valence-electron chi connectivity index (χ3n) is 5.36. The first-order chi connectivity index (χ1) is 17.0. The Kier molecular flexibility index (Phi) is 6.29. The summed E-state index contributed by atoms with van der Waals surface area (Å²) in [5, 5.41) is 10.9. The molecule has 0 aliphatic carbocycles. The van der Waals surface area contributed by atoms with Gasteiger partial charge in [-0.2, -0.15) is 8.42 Å². The maximum absolute atomic E-state index is 14.1. The van der Waals surface area contributed by atoms with Gasteiger partial charge in [-0.15, -0.1) is 4.40 Å². The van der Waals surface area contributed by atoms with Crippen molar-refractivity contribution in [1.29, 1.82) is 0 Å². The van der Waals surface area contributed by atoms with Gasteiger partial charge in [0.1, 0.15) is 17.4 Å². The molecular weight excluding hydrogens is 494 g/mol. The minimum atomic E-state index is -4.22. The zero-order valence-electron chi connectivity index (χ0n) is 18.3. The lowest BCUT2D eigenvalue weighted by Gasteiger charge is -2.25. The maximum Gasteiger partial charge on any atom is 0.300 e. The fourth-order valence-electron chi connectivity index (χ4n) is 3.82. The second kappa shape index (κ2) is 9.23. The van der Waals surface area contributed by atoms with E-state index < -0.39 is 51.1 Å². The van der Waals surface area contributed by atoms with E-state index in [9.17, 15) is 31.9 Å². The van der Waals surface area contributed by atoms with Gasteiger partial charge in [0.05, 0.1) is 16.5 Å². The van der Waals surface area contributed by atoms with Crippen molar-refractivity contribution in [3.05, 3.63) is 101 Å². The molecule has 184 valence electrons. The molecule has 1 atom stereocenters. The van der Waals surface area contributed by atoms with Crippen molar-refractivity contribution in [2.24, 2.45) is 15.9 Å². The normalized spacial score (nSPS) is 17.3. The van der Waals surface area contributed by atoms with Crippen LogP contribution in [-0.4, -0.2) is 31.2 Å². The van der Waals surface area contributed by atoms with Crippen LogP contribution in [0.5, 0.6) is 0 Å². The van der Waals surface area contributed by atoms with Crippen molar-refractivity contribution >= 4 is 39.1 Å². The molecule has 36 heavy (non-hydrogen) atoms. The summed E-state index contributed by atoms with van der Waals surface area (Å²) in [5.74, 6) is -4.60. The number of nitrogens with zero attached hydrogens (tertiary/aromatic N) is 2. The quantitative estimate of drug-likeness (QED) is 0.156. The van der Waals surface area contributed by atoms with Crippen LogP contribution in [0.15, 0.2) is 87.7 Å². The predicted molar refractivity (Wildman–Crippen MR) is 127 cm³/mol. The number of rotatable bonds is 5. The van der Waals surface area contributed by atoms with Crippen LogP contribution in [0.1, 0.15) is 17.2 Å². The molecule has 1 fully saturated rings. The monoisotopic (exact) mass is 512 g/mol. The lowest BCUT2D eigenvalue weighted by Crippen LogP contribution is -2.29. The molecule has 1 aliphatic heterocycles. The number of aliphatic hydroxyl groups excluding tert-OH is 1. The standard InChI is InChI=1S/C24H18F2N4O5S/c25-15-6-4-13(5-7-15)21(31)19-20(14-2-1-3-16(26)12-14)30(23(33)22(19)32)17-8-10-18(11-9-17)36(34,35)29-24(27)28/h1-12,20,31H,(H4,27,28,29). The Morgan fingerprint density at radius 3 is 2.14 bits per heavy atom. The predicted octanol–water partition coefficient (Wildman–Crippen LogP) is 2.55. The minimum Gasteiger partial charge on any atom is -0.507 e. The van der Waals surface area contributed by atoms with Crippen LogP contribution >= 0.6 is 0 Å². The van der Waals surface area contributed by atoms with Crippen molar-refractivity contribution in [1.82, 2.24) is 0 Å². The van der Waals surface area contributed by atoms with Gasteiger partial charge in [-0.25, -0.2) is 8.78 Å². The van der Waals surface area contributed by atoms with E-state index in [2.05, 4.69) is 4.40 Å². The van der Waals surface area contributed by atoms with Crippen molar-refractivity contribution in [2.75, 3.05) is 4.90 Å². The number of benzene rings is 3. The van der Waals surface area contributed by atoms with E-state index in [0.29, 0.717) is 0 Å². The zero-order chi connectivity index (χ0) is 26.2. The smallest absolute Gasteiger partial charge is 0.300 e. The number of nitrogens with two attached hydrogens (primary N) is 2. The highest BCUT2D eigenvalue weighted by atomic mass is 32.2. The molecule has 0 radical (unpaired) electrons. The maximum atomic E-state index is 14.1. The Bertz CT molecular complexity index is 1530. The molecule has 12 heteroatoms. The van der Waals surface area contributed by atoms with E-state index in [-0.39, 0.29) is 27.3 Å². The van der Waals surface area contributed by atoms with Gasteiger partial charge in [-0.05, 0) is 66.2 Å². The number of hydrogen-bond acceptors (Lipinski definition) is 5. The van der Waals surface area contributed by atoms with Crippen LogP contribution in [0, 0.1) is 11.6 Å². The van der Waals surface area contributed by atoms with E-state index in [1.54, 1.807) is 0 Å². The van der Waals surface area contributed by atoms with E-state index in [0.717, 1.165) is 35.2 Å². The summed E-state index contributed by atoms with van der Waals surface area (Å²) in [5.41, 5.74) is 10.3. The first-order valence-electron chi connectivity index (χ1n) is 10.3. The fourth-order valence-corrected chi connectivity index (χ4v) is 4.69. The average Bonchev–Trinajstić information content (AvgIpc) is 3.09. The molecule has 3 aromatic carbocycles. The third kappa shape index (κ3) is 4.53. The van der Waals surface area contributed by atoms with Crippen LogP contribution in [0.4, 0.5) is 14.5 Å². The molecule has 1 heterocycles. The van der Waals surface area contributed by atoms with E-state index >= 15 is 0 Å². The topological polar surface area (TPSA) is 156 Å². The number of halogens is 2. The van der Waals surface area contributed by atoms with E-state index in [1.165, 1.54) is 42.5 Å². The molecule has 1 unspecified atom stereocenters. The van der Waals surface area contributed by atoms with Crippen LogP contribution in [0.25, 0.3) is 5.76 Å². The Hall–Kier alpha value is -4.58. The number of sulfonamides is 1. The van der Waals surface area contributed by atoms with Crippen molar-refractivity contribution in [3.8, 4) is 0 Å². The molecular formula is C24H18F2N4O5S. The number of Topliss-reactive ketones (excluding diaryl/α,β-unsaturated/α-hetero) is 1. The molecule has 9 nitrogen and oxygen atoms in total. The van der Waals surface area contributed by atoms with Crippen molar-refractivity contribution in [3.63, 3.8) is 0 Å². The van der Waals surface area contributed by atoms with E-state index in [1.807, 2.05) is 0 Å². The second-order valence-corrected chi connectivity index (χ2v) is 9.32. The minimum absolute atomic E-state index is 0.0643. The van der Waals surface area contributed by atoms with Gasteiger partial charge >= 0.3 is 0 Å². The number of hydrogen-bond donors (Lipinski definition) is 3. The van der Waals surface area contributed by atoms with Crippen LogP contribution < -0.4 is 16.4 Å². The zero-order valence-corrected chi connectivity index (χ0v) is 19.1. The number of guanidine groups is 1. The molecule has 1 amide bonds. The Morgan fingerprint density at radius 1 is 0.917 bits per heavy atom. The largest absolute Gasteiger partial charge is 0.507 e. The van der Waals surface area contributed by atoms with Crippen LogP contribution in [0.2, 0.25) is 0 Å². The molecule has 1 saturated heterocycles. The first-order valence-corrected chi connectivity index (χ1v) is 11.7. The second-order valence-electron chi connectivity index (χ2n) is 7.72. The number of carbonyl (C=O) groups excluding carboxylic acids is 2. The molecule has 0 spiro atoms. The summed E-state index contributed by atoms with van der Waals surface area (Å²) in [6.45, 7) is 0. The highest BCUT2D eigenvalue weighted by molar-refractivity contribution is 7.90. The van der Waals surface area contributed by atoms with Gasteiger partial charge in [-0.3, -0.25) is 14.5 Å². The lowest BCUT2D eigenvalue weighted by molar-refractivity contribution is -0.132. The SMILES string of the molecule is NC(N)=NS(=O)(=O)c1ccc(N2C(=O)C(=O)C(=C(O)c3ccc(F)cc3)C2c2cccc(F)c2)cc1. The Balaban J connectivity index is 1.88. The lowest BCUT2D eigenvalue weighted by atomic mass is 9.95. The van der Waals surface area contributed by atoms with Gasteiger partial charge < -0.3 is 16.6 Å². The summed E-state index contributed by atoms with van der Waals surface area (Å²) in [7, 11) is -4.22. The number of amides is 1. The number of anilines is 1. The van der Waals surface area contributed by atoms with Crippen LogP contribution in [-0.2, 0) is 19.6 Å². The van der Waals surface area contributed by atoms with Gasteiger partial charge in [0, 0.05) is 11.3 Å². The molecule has 0 aromatic heterocycles. The third-order valence-corrected chi connectivity index (χ3v) is 6.68. The number of ketones is 1. The van der Waals surface area contributed by atoms with Gasteiger partial charge in [0.2, 0.25) is 5.96 Å². The highest BCUT2D eigenvalue weighted by Crippen LogP contribution is 2.42. The molecule has 0 bridgehead atoms. The van der Waals surface area contributed by atoms with Gasteiger partial charge in [0.25, 0.3) is 21.7 Å². The summed E-state index contributed by atoms with van der Waals surface area (Å²) in [6, 6.07) is 13.1. The average molecular weight is 512 g/mol. The molecule has 0 saturated carbocycles. The molecule has 1 aliphatic rings. The summed E-state index contributed by atoms with van der Waals surface area (Å²) >= 11 is 0. The van der Waals surface area contributed by atoms with Crippen LogP contribution in [0.3, 0.4) is 0 Å². The van der Waals surface area contributed by atoms with Gasteiger partial charge in [-0.1, -0.05) is 12.1 Å². The Morgan fingerprint density at radius 2 is 1.56 bits per heavy atom. The summed E-state index contributed by atoms with van der Waals surface area (Å²) < 4.78 is 55.2. The highest BCUT2D eigenvalue weighted by Gasteiger charge is 2.47. The van der Waals surface area contributed by atoms with Crippen molar-refractivity contribution in [2.45, 2.75) is 10.9 Å². The summed E-state index contributed by atoms with van der Waals surface area (Å²) in [4.78, 5) is 26.9. The number of aliphatic hydroxyl groups is 1. The van der Waals surface area contributed by atoms with Crippen molar-refractivity contribution < 1.29 is 31.9 Å². The number of carbonyl (C=O) groups is 2. The summed E-state index contributed by atoms with van der Waals surface area (Å²) in [6.07, 6.45) is 0. The molecule has 5 N–H and O–H groups in total. The first kappa shape index (κ1) is 24.5. The molecule has 3 aromatic rings. The van der Waals surface area contributed by atoms with Gasteiger partial charge in [0.15, 0.2) is 0 Å². The van der Waals surface area contributed by atoms with E-state index in [4.69, 9.17) is 11.5 Å². The fraction of sp³-hybridized carbons (Fsp3) is 0.0417.